The molecule has 1 aliphatic heterocycles. The van der Waals surface area contributed by atoms with Gasteiger partial charge in [-0.05, 0) is 18.9 Å². The van der Waals surface area contributed by atoms with Crippen LogP contribution in [0.4, 0.5) is 5.95 Å². The normalized spacial score (nSPS) is 21.6. The number of rotatable bonds is 4. The lowest BCUT2D eigenvalue weighted by Gasteiger charge is -2.39. The van der Waals surface area contributed by atoms with Gasteiger partial charge in [0.2, 0.25) is 5.95 Å². The van der Waals surface area contributed by atoms with Crippen LogP contribution >= 0.6 is 0 Å². The van der Waals surface area contributed by atoms with Gasteiger partial charge in [0.05, 0.1) is 12.1 Å². The summed E-state index contributed by atoms with van der Waals surface area (Å²) < 4.78 is 4.63. The minimum Gasteiger partial charge on any atom is -0.386 e. The van der Waals surface area contributed by atoms with Crippen LogP contribution < -0.4 is 10.2 Å². The molecule has 22 heavy (non-hydrogen) atoms. The SMILES string of the molecule is O=C(NCC1(O)CCCN(c2ncccn2)C1)c1ccon1. The summed E-state index contributed by atoms with van der Waals surface area (Å²) in [7, 11) is 0. The minimum atomic E-state index is -1.02. The Bertz CT molecular complexity index is 619. The summed E-state index contributed by atoms with van der Waals surface area (Å²) in [4.78, 5) is 22.2. The van der Waals surface area contributed by atoms with Gasteiger partial charge in [-0.3, -0.25) is 4.79 Å². The van der Waals surface area contributed by atoms with Gasteiger partial charge in [-0.2, -0.15) is 0 Å². The molecule has 3 heterocycles. The second-order valence-electron chi connectivity index (χ2n) is 5.37. The summed E-state index contributed by atoms with van der Waals surface area (Å²) in [5.41, 5.74) is -0.820. The Balaban J connectivity index is 1.61. The molecule has 1 aliphatic rings. The molecule has 0 radical (unpaired) electrons. The van der Waals surface area contributed by atoms with Gasteiger partial charge >= 0.3 is 0 Å². The summed E-state index contributed by atoms with van der Waals surface area (Å²) in [5, 5.41) is 16.9. The van der Waals surface area contributed by atoms with E-state index in [1.54, 1.807) is 18.5 Å². The molecule has 2 N–H and O–H groups in total. The number of carbonyl (C=O) groups excluding carboxylic acids is 1. The van der Waals surface area contributed by atoms with E-state index in [1.165, 1.54) is 12.3 Å². The average Bonchev–Trinajstić information content (AvgIpc) is 3.08. The number of nitrogens with one attached hydrogen (secondary N) is 1. The topological polar surface area (TPSA) is 104 Å². The van der Waals surface area contributed by atoms with Crippen LogP contribution in [0.1, 0.15) is 23.3 Å². The Labute approximate surface area is 127 Å². The molecule has 0 saturated carbocycles. The number of aromatic nitrogens is 3. The van der Waals surface area contributed by atoms with Crippen LogP contribution in [-0.2, 0) is 0 Å². The maximum Gasteiger partial charge on any atom is 0.273 e. The Hall–Kier alpha value is -2.48. The highest BCUT2D eigenvalue weighted by Crippen LogP contribution is 2.23. The van der Waals surface area contributed by atoms with Gasteiger partial charge in [-0.25, -0.2) is 9.97 Å². The number of β-amino-alcohol motifs (C(OH)–C–C–N with tert-alkyl or cyclic N) is 1. The molecule has 116 valence electrons. The zero-order valence-corrected chi connectivity index (χ0v) is 12.0. The molecule has 2 aromatic rings. The number of hydrogen-bond acceptors (Lipinski definition) is 7. The fourth-order valence-corrected chi connectivity index (χ4v) is 2.55. The van der Waals surface area contributed by atoms with Gasteiger partial charge in [0, 0.05) is 31.5 Å². The van der Waals surface area contributed by atoms with E-state index >= 15 is 0 Å². The molecule has 1 amide bonds. The highest BCUT2D eigenvalue weighted by atomic mass is 16.5. The van der Waals surface area contributed by atoms with Crippen molar-refractivity contribution in [3.05, 3.63) is 36.5 Å². The van der Waals surface area contributed by atoms with Crippen LogP contribution in [-0.4, -0.2) is 51.4 Å². The van der Waals surface area contributed by atoms with Gasteiger partial charge in [-0.1, -0.05) is 5.16 Å². The molecule has 2 aromatic heterocycles. The molecule has 0 bridgehead atoms. The van der Waals surface area contributed by atoms with Crippen LogP contribution in [0.15, 0.2) is 35.3 Å². The fraction of sp³-hybridized carbons (Fsp3) is 0.429. The molecule has 0 aromatic carbocycles. The lowest BCUT2D eigenvalue weighted by atomic mass is 9.93. The summed E-state index contributed by atoms with van der Waals surface area (Å²) >= 11 is 0. The van der Waals surface area contributed by atoms with Crippen molar-refractivity contribution in [1.82, 2.24) is 20.4 Å². The Kier molecular flexibility index (Phi) is 4.01. The molecule has 3 rings (SSSR count). The Morgan fingerprint density at radius 3 is 3.00 bits per heavy atom. The van der Waals surface area contributed by atoms with E-state index in [1.807, 2.05) is 4.90 Å². The highest BCUT2D eigenvalue weighted by Gasteiger charge is 2.34. The van der Waals surface area contributed by atoms with Crippen molar-refractivity contribution in [3.8, 4) is 0 Å². The second kappa shape index (κ2) is 6.10. The lowest BCUT2D eigenvalue weighted by molar-refractivity contribution is 0.0251. The molecule has 1 fully saturated rings. The zero-order chi connectivity index (χ0) is 15.4. The number of anilines is 1. The van der Waals surface area contributed by atoms with Crippen molar-refractivity contribution < 1.29 is 14.4 Å². The summed E-state index contributed by atoms with van der Waals surface area (Å²) in [6, 6.07) is 3.22. The van der Waals surface area contributed by atoms with E-state index in [0.717, 1.165) is 13.0 Å². The van der Waals surface area contributed by atoms with Crippen molar-refractivity contribution in [2.45, 2.75) is 18.4 Å². The molecule has 8 heteroatoms. The molecular formula is C14H17N5O3. The summed E-state index contributed by atoms with van der Waals surface area (Å²) in [6.45, 7) is 1.29. The number of carbonyl (C=O) groups is 1. The Morgan fingerprint density at radius 1 is 1.45 bits per heavy atom. The van der Waals surface area contributed by atoms with Crippen molar-refractivity contribution >= 4 is 11.9 Å². The fourth-order valence-electron chi connectivity index (χ4n) is 2.55. The Morgan fingerprint density at radius 2 is 2.27 bits per heavy atom. The molecular weight excluding hydrogens is 286 g/mol. The number of amides is 1. The minimum absolute atomic E-state index is 0.141. The van der Waals surface area contributed by atoms with Crippen molar-refractivity contribution in [3.63, 3.8) is 0 Å². The summed E-state index contributed by atoms with van der Waals surface area (Å²) in [5.74, 6) is 0.221. The molecule has 0 spiro atoms. The highest BCUT2D eigenvalue weighted by molar-refractivity contribution is 5.91. The first-order chi connectivity index (χ1) is 10.7. The summed E-state index contributed by atoms with van der Waals surface area (Å²) in [6.07, 6.45) is 6.08. The van der Waals surface area contributed by atoms with Crippen LogP contribution in [0, 0.1) is 0 Å². The molecule has 1 unspecified atom stereocenters. The third kappa shape index (κ3) is 3.22. The predicted octanol–water partition coefficient (Wildman–Crippen LogP) is 0.226. The van der Waals surface area contributed by atoms with Gasteiger partial charge in [-0.15, -0.1) is 0 Å². The van der Waals surface area contributed by atoms with Crippen molar-refractivity contribution in [1.29, 1.82) is 0 Å². The number of piperidine rings is 1. The standard InChI is InChI=1S/C14H17N5O3/c20-12(11-3-8-22-18-11)17-9-14(21)4-1-7-19(10-14)13-15-5-2-6-16-13/h2-3,5-6,8,21H,1,4,7,9-10H2,(H,17,20). The van der Waals surface area contributed by atoms with E-state index in [9.17, 15) is 9.90 Å². The second-order valence-corrected chi connectivity index (χ2v) is 5.37. The van der Waals surface area contributed by atoms with Crippen molar-refractivity contribution in [2.24, 2.45) is 0 Å². The molecule has 0 aliphatic carbocycles. The van der Waals surface area contributed by atoms with Crippen LogP contribution in [0.5, 0.6) is 0 Å². The number of nitrogens with zero attached hydrogens (tertiary/aromatic N) is 4. The largest absolute Gasteiger partial charge is 0.386 e. The number of aliphatic hydroxyl groups is 1. The van der Waals surface area contributed by atoms with E-state index in [2.05, 4.69) is 25.0 Å². The van der Waals surface area contributed by atoms with Crippen molar-refractivity contribution in [2.75, 3.05) is 24.5 Å². The van der Waals surface area contributed by atoms with E-state index in [0.29, 0.717) is 18.9 Å². The van der Waals surface area contributed by atoms with Crippen LogP contribution in [0.2, 0.25) is 0 Å². The maximum absolute atomic E-state index is 11.9. The average molecular weight is 303 g/mol. The van der Waals surface area contributed by atoms with Gasteiger partial charge < -0.3 is 19.8 Å². The van der Waals surface area contributed by atoms with E-state index in [-0.39, 0.29) is 18.1 Å². The van der Waals surface area contributed by atoms with E-state index in [4.69, 9.17) is 0 Å². The molecule has 1 saturated heterocycles. The lowest BCUT2D eigenvalue weighted by Crippen LogP contribution is -2.54. The van der Waals surface area contributed by atoms with Crippen LogP contribution in [0.25, 0.3) is 0 Å². The molecule has 8 nitrogen and oxygen atoms in total. The quantitative estimate of drug-likeness (QED) is 0.832. The third-order valence-corrected chi connectivity index (χ3v) is 3.64. The number of hydrogen-bond donors (Lipinski definition) is 2. The van der Waals surface area contributed by atoms with Gasteiger partial charge in [0.15, 0.2) is 5.69 Å². The van der Waals surface area contributed by atoms with E-state index < -0.39 is 5.60 Å². The first kappa shape index (κ1) is 14.5. The third-order valence-electron chi connectivity index (χ3n) is 3.64. The first-order valence-electron chi connectivity index (χ1n) is 7.09. The van der Waals surface area contributed by atoms with Gasteiger partial charge in [0.1, 0.15) is 6.26 Å². The maximum atomic E-state index is 11.9. The molecule has 1 atom stereocenters. The smallest absolute Gasteiger partial charge is 0.273 e. The predicted molar refractivity (Wildman–Crippen MR) is 77.3 cm³/mol. The monoisotopic (exact) mass is 303 g/mol. The zero-order valence-electron chi connectivity index (χ0n) is 12.0. The van der Waals surface area contributed by atoms with Gasteiger partial charge in [0.25, 0.3) is 5.91 Å². The first-order valence-corrected chi connectivity index (χ1v) is 7.09. The van der Waals surface area contributed by atoms with Crippen LogP contribution in [0.3, 0.4) is 0 Å².